The molecule has 0 spiro atoms. The van der Waals surface area contributed by atoms with Crippen LogP contribution in [0.3, 0.4) is 0 Å². The van der Waals surface area contributed by atoms with Crippen LogP contribution in [0, 0.1) is 0 Å². The predicted octanol–water partition coefficient (Wildman–Crippen LogP) is 0.335. The first kappa shape index (κ1) is 13.2. The lowest BCUT2D eigenvalue weighted by Gasteiger charge is -2.13. The number of ketones is 1. The first-order valence-electron chi connectivity index (χ1n) is 6.28. The topological polar surface area (TPSA) is 86.8 Å². The van der Waals surface area contributed by atoms with E-state index in [4.69, 9.17) is 0 Å². The average Bonchev–Trinajstić information content (AvgIpc) is 2.46. The molecule has 0 amide bonds. The summed E-state index contributed by atoms with van der Waals surface area (Å²) < 4.78 is 2.54. The molecule has 0 saturated carbocycles. The van der Waals surface area contributed by atoms with E-state index in [0.29, 0.717) is 16.6 Å². The standard InChI is InChI=1S/C14H12N4O3/c1-7(19)8-4-5-10-9(6-8)15-11-12(17(10)2)16-14(21)18(3)13(11)20/h4-6H,1-3H3. The van der Waals surface area contributed by atoms with Crippen LogP contribution >= 0.6 is 0 Å². The second-order valence-electron chi connectivity index (χ2n) is 4.86. The van der Waals surface area contributed by atoms with E-state index in [9.17, 15) is 14.4 Å². The molecule has 2 aliphatic rings. The van der Waals surface area contributed by atoms with E-state index in [-0.39, 0.29) is 17.3 Å². The van der Waals surface area contributed by atoms with Crippen molar-refractivity contribution >= 4 is 16.8 Å². The molecule has 7 nitrogen and oxygen atoms in total. The Balaban J connectivity index is 2.53. The van der Waals surface area contributed by atoms with Gasteiger partial charge in [-0.2, -0.15) is 4.98 Å². The number of carbonyl (C=O) groups is 1. The van der Waals surface area contributed by atoms with E-state index in [2.05, 4.69) is 9.97 Å². The van der Waals surface area contributed by atoms with Crippen LogP contribution in [0.2, 0.25) is 0 Å². The molecule has 3 rings (SSSR count). The normalized spacial score (nSPS) is 11.2. The van der Waals surface area contributed by atoms with E-state index in [1.807, 2.05) is 0 Å². The van der Waals surface area contributed by atoms with Gasteiger partial charge in [-0.25, -0.2) is 9.78 Å². The number of nitrogens with zero attached hydrogens (tertiary/aromatic N) is 4. The van der Waals surface area contributed by atoms with Gasteiger partial charge in [-0.05, 0) is 25.1 Å². The highest BCUT2D eigenvalue weighted by atomic mass is 16.2. The molecule has 0 aromatic heterocycles. The van der Waals surface area contributed by atoms with Crippen LogP contribution in [-0.4, -0.2) is 24.9 Å². The number of aromatic nitrogens is 4. The van der Waals surface area contributed by atoms with Crippen molar-refractivity contribution in [3.05, 3.63) is 44.6 Å². The van der Waals surface area contributed by atoms with Gasteiger partial charge in [0, 0.05) is 19.7 Å². The third-order valence-electron chi connectivity index (χ3n) is 3.50. The Kier molecular flexibility index (Phi) is 2.72. The smallest absolute Gasteiger partial charge is 0.325 e. The highest BCUT2D eigenvalue weighted by molar-refractivity contribution is 5.97. The average molecular weight is 284 g/mol. The SMILES string of the molecule is CC(=O)c1ccc2c(c1)nc1c(=O)n(C)c(=O)nc-1n2C. The number of fused-ring (bicyclic) bond motifs is 2. The molecule has 0 aliphatic carbocycles. The number of benzene rings is 1. The monoisotopic (exact) mass is 284 g/mol. The zero-order valence-electron chi connectivity index (χ0n) is 11.7. The second-order valence-corrected chi connectivity index (χ2v) is 4.86. The van der Waals surface area contributed by atoms with Gasteiger partial charge in [-0.3, -0.25) is 14.2 Å². The van der Waals surface area contributed by atoms with Crippen LogP contribution < -0.4 is 11.2 Å². The third-order valence-corrected chi connectivity index (χ3v) is 3.50. The predicted molar refractivity (Wildman–Crippen MR) is 76.6 cm³/mol. The summed E-state index contributed by atoms with van der Waals surface area (Å²) in [6.07, 6.45) is 0. The molecule has 1 aromatic carbocycles. The van der Waals surface area contributed by atoms with Crippen LogP contribution in [-0.2, 0) is 14.1 Å². The summed E-state index contributed by atoms with van der Waals surface area (Å²) in [4.78, 5) is 43.4. The molecule has 106 valence electrons. The summed E-state index contributed by atoms with van der Waals surface area (Å²) in [7, 11) is 3.06. The van der Waals surface area contributed by atoms with E-state index in [1.54, 1.807) is 29.8 Å². The van der Waals surface area contributed by atoms with Crippen LogP contribution in [0.25, 0.3) is 22.6 Å². The van der Waals surface area contributed by atoms with Crippen LogP contribution in [0.5, 0.6) is 0 Å². The van der Waals surface area contributed by atoms with Gasteiger partial charge in [0.2, 0.25) is 0 Å². The zero-order chi connectivity index (χ0) is 15.3. The molecule has 0 fully saturated rings. The molecule has 0 atom stereocenters. The number of aryl methyl sites for hydroxylation is 1. The fraction of sp³-hybridized carbons (Fsp3) is 0.214. The van der Waals surface area contributed by atoms with Crippen molar-refractivity contribution in [3.63, 3.8) is 0 Å². The molecule has 2 heterocycles. The van der Waals surface area contributed by atoms with Gasteiger partial charge in [0.1, 0.15) is 0 Å². The number of Topliss-reactive ketones (excluding diaryl/α,β-unsaturated/α-hetero) is 1. The maximum Gasteiger partial charge on any atom is 0.352 e. The molecule has 2 aliphatic heterocycles. The highest BCUT2D eigenvalue weighted by Crippen LogP contribution is 2.20. The molecule has 0 saturated heterocycles. The molecular weight excluding hydrogens is 272 g/mol. The van der Waals surface area contributed by atoms with Crippen LogP contribution in [0.1, 0.15) is 17.3 Å². The second kappa shape index (κ2) is 4.34. The Hall–Kier alpha value is -2.83. The van der Waals surface area contributed by atoms with Crippen molar-refractivity contribution in [3.8, 4) is 11.5 Å². The summed E-state index contributed by atoms with van der Waals surface area (Å²) in [6, 6.07) is 5.03. The maximum absolute atomic E-state index is 12.1. The minimum Gasteiger partial charge on any atom is -0.325 e. The van der Waals surface area contributed by atoms with Crippen molar-refractivity contribution in [1.82, 2.24) is 19.1 Å². The maximum atomic E-state index is 12.1. The first-order chi connectivity index (χ1) is 9.90. The minimum atomic E-state index is -0.621. The van der Waals surface area contributed by atoms with Gasteiger partial charge in [-0.15, -0.1) is 0 Å². The number of carbonyl (C=O) groups excluding carboxylic acids is 1. The molecule has 7 heteroatoms. The molecular formula is C14H12N4O3. The van der Waals surface area contributed by atoms with Crippen LogP contribution in [0.15, 0.2) is 27.8 Å². The molecule has 0 N–H and O–H groups in total. The number of rotatable bonds is 1. The molecule has 0 bridgehead atoms. The lowest BCUT2D eigenvalue weighted by molar-refractivity contribution is 0.101. The highest BCUT2D eigenvalue weighted by Gasteiger charge is 2.18. The van der Waals surface area contributed by atoms with Crippen molar-refractivity contribution < 1.29 is 4.79 Å². The fourth-order valence-corrected chi connectivity index (χ4v) is 2.24. The third kappa shape index (κ3) is 1.85. The van der Waals surface area contributed by atoms with Gasteiger partial charge in [0.25, 0.3) is 5.56 Å². The Morgan fingerprint density at radius 1 is 1.10 bits per heavy atom. The zero-order valence-corrected chi connectivity index (χ0v) is 11.7. The lowest BCUT2D eigenvalue weighted by atomic mass is 10.1. The molecule has 0 radical (unpaired) electrons. The summed E-state index contributed by atoms with van der Waals surface area (Å²) in [5.41, 5.74) is 0.690. The van der Waals surface area contributed by atoms with Gasteiger partial charge >= 0.3 is 5.69 Å². The lowest BCUT2D eigenvalue weighted by Crippen LogP contribution is -2.36. The summed E-state index contributed by atoms with van der Waals surface area (Å²) in [5, 5.41) is 0. The van der Waals surface area contributed by atoms with E-state index in [1.165, 1.54) is 14.0 Å². The Morgan fingerprint density at radius 3 is 2.48 bits per heavy atom. The summed E-state index contributed by atoms with van der Waals surface area (Å²) in [5.74, 6) is 0.147. The van der Waals surface area contributed by atoms with E-state index >= 15 is 0 Å². The van der Waals surface area contributed by atoms with Crippen molar-refractivity contribution in [2.24, 2.45) is 14.1 Å². The summed E-state index contributed by atoms with van der Waals surface area (Å²) in [6.45, 7) is 1.46. The van der Waals surface area contributed by atoms with Crippen molar-refractivity contribution in [2.75, 3.05) is 0 Å². The van der Waals surface area contributed by atoms with Crippen molar-refractivity contribution in [2.45, 2.75) is 6.92 Å². The van der Waals surface area contributed by atoms with Gasteiger partial charge in [0.05, 0.1) is 11.0 Å². The Morgan fingerprint density at radius 2 is 1.81 bits per heavy atom. The van der Waals surface area contributed by atoms with E-state index in [0.717, 1.165) is 4.57 Å². The van der Waals surface area contributed by atoms with Gasteiger partial charge in [-0.1, -0.05) is 0 Å². The van der Waals surface area contributed by atoms with Crippen molar-refractivity contribution in [1.29, 1.82) is 0 Å². The van der Waals surface area contributed by atoms with Gasteiger partial charge < -0.3 is 4.57 Å². The largest absolute Gasteiger partial charge is 0.352 e. The van der Waals surface area contributed by atoms with E-state index < -0.39 is 11.2 Å². The Bertz CT molecular complexity index is 984. The summed E-state index contributed by atoms with van der Waals surface area (Å²) >= 11 is 0. The molecule has 1 aromatic rings. The quantitative estimate of drug-likeness (QED) is 0.475. The van der Waals surface area contributed by atoms with Gasteiger partial charge in [0.15, 0.2) is 17.3 Å². The van der Waals surface area contributed by atoms with Crippen LogP contribution in [0.4, 0.5) is 0 Å². The molecule has 21 heavy (non-hydrogen) atoms. The first-order valence-corrected chi connectivity index (χ1v) is 6.28. The minimum absolute atomic E-state index is 0.0811. The number of hydrogen-bond acceptors (Lipinski definition) is 5. The fourth-order valence-electron chi connectivity index (χ4n) is 2.24. The molecule has 0 unspecified atom stereocenters. The number of hydrogen-bond donors (Lipinski definition) is 0. The Labute approximate surface area is 118 Å².